The van der Waals surface area contributed by atoms with E-state index in [4.69, 9.17) is 21.4 Å². The minimum absolute atomic E-state index is 0.0401. The van der Waals surface area contributed by atoms with Gasteiger partial charge in [-0.1, -0.05) is 23.7 Å². The van der Waals surface area contributed by atoms with Gasteiger partial charge < -0.3 is 20.1 Å². The molecule has 0 radical (unpaired) electrons. The molecule has 2 aromatic rings. The third kappa shape index (κ3) is 6.65. The highest BCUT2D eigenvalue weighted by Gasteiger charge is 2.32. The Balaban J connectivity index is 1.56. The molecule has 174 valence electrons. The molecule has 1 fully saturated rings. The Morgan fingerprint density at radius 1 is 1.19 bits per heavy atom. The summed E-state index contributed by atoms with van der Waals surface area (Å²) in [5, 5.41) is 12.6. The number of rotatable bonds is 9. The van der Waals surface area contributed by atoms with E-state index >= 15 is 0 Å². The van der Waals surface area contributed by atoms with Crippen LogP contribution in [0.2, 0.25) is 5.02 Å². The average molecular weight is 464 g/mol. The topological polar surface area (TPSA) is 65.0 Å². The molecule has 0 spiro atoms. The van der Waals surface area contributed by atoms with Gasteiger partial charge in [0.1, 0.15) is 11.6 Å². The number of nitrogens with zero attached hydrogens (tertiary/aromatic N) is 2. The molecule has 1 amide bonds. The van der Waals surface area contributed by atoms with Crippen molar-refractivity contribution in [2.75, 3.05) is 32.8 Å². The van der Waals surface area contributed by atoms with E-state index in [1.54, 1.807) is 30.3 Å². The smallest absolute Gasteiger partial charge is 0.260 e. The maximum Gasteiger partial charge on any atom is 0.260 e. The lowest BCUT2D eigenvalue weighted by Gasteiger charge is -2.44. The van der Waals surface area contributed by atoms with Gasteiger partial charge in [0.2, 0.25) is 0 Å². The molecule has 8 heteroatoms. The van der Waals surface area contributed by atoms with E-state index in [1.165, 1.54) is 12.1 Å². The first kappa shape index (κ1) is 24.5. The van der Waals surface area contributed by atoms with Crippen LogP contribution < -0.4 is 10.1 Å². The Morgan fingerprint density at radius 3 is 2.66 bits per heavy atom. The van der Waals surface area contributed by atoms with Gasteiger partial charge in [0.15, 0.2) is 6.61 Å². The highest BCUT2D eigenvalue weighted by molar-refractivity contribution is 6.30. The van der Waals surface area contributed by atoms with Gasteiger partial charge in [-0.3, -0.25) is 9.69 Å². The predicted octanol–water partition coefficient (Wildman–Crippen LogP) is 3.06. The summed E-state index contributed by atoms with van der Waals surface area (Å²) in [6.45, 7) is 7.14. The second-order valence-electron chi connectivity index (χ2n) is 8.24. The van der Waals surface area contributed by atoms with E-state index in [0.717, 1.165) is 24.2 Å². The molecule has 0 saturated carbocycles. The van der Waals surface area contributed by atoms with Gasteiger partial charge in [-0.15, -0.1) is 0 Å². The lowest BCUT2D eigenvalue weighted by molar-refractivity contribution is -0.139. The molecule has 1 aliphatic heterocycles. The lowest BCUT2D eigenvalue weighted by atomic mass is 10.1. The molecule has 0 aromatic heterocycles. The Kier molecular flexibility index (Phi) is 8.87. The number of aliphatic hydroxyl groups excluding tert-OH is 1. The quantitative estimate of drug-likeness (QED) is 0.559. The number of piperazine rings is 1. The maximum atomic E-state index is 13.2. The molecule has 2 N–H and O–H groups in total. The largest absolute Gasteiger partial charge is 0.483 e. The van der Waals surface area contributed by atoms with Crippen LogP contribution in [0.5, 0.6) is 5.75 Å². The van der Waals surface area contributed by atoms with E-state index in [0.29, 0.717) is 30.4 Å². The molecule has 3 rings (SSSR count). The van der Waals surface area contributed by atoms with Crippen LogP contribution in [0, 0.1) is 5.82 Å². The molecular weight excluding hydrogens is 433 g/mol. The van der Waals surface area contributed by atoms with Crippen molar-refractivity contribution in [3.05, 3.63) is 64.4 Å². The highest BCUT2D eigenvalue weighted by atomic mass is 35.5. The fourth-order valence-corrected chi connectivity index (χ4v) is 4.14. The first-order valence-corrected chi connectivity index (χ1v) is 11.3. The van der Waals surface area contributed by atoms with Gasteiger partial charge >= 0.3 is 0 Å². The van der Waals surface area contributed by atoms with Gasteiger partial charge in [0, 0.05) is 55.4 Å². The van der Waals surface area contributed by atoms with Crippen LogP contribution in [0.25, 0.3) is 0 Å². The van der Waals surface area contributed by atoms with Crippen molar-refractivity contribution in [1.82, 2.24) is 15.1 Å². The number of hydrogen-bond acceptors (Lipinski definition) is 5. The van der Waals surface area contributed by atoms with E-state index in [2.05, 4.69) is 17.1 Å². The third-order valence-corrected chi connectivity index (χ3v) is 5.95. The summed E-state index contributed by atoms with van der Waals surface area (Å²) in [7, 11) is 0. The number of hydrogen-bond donors (Lipinski definition) is 2. The summed E-state index contributed by atoms with van der Waals surface area (Å²) in [5.74, 6) is 0.303. The number of amides is 1. The zero-order valence-corrected chi connectivity index (χ0v) is 19.3. The van der Waals surface area contributed by atoms with Crippen LogP contribution >= 0.6 is 11.6 Å². The van der Waals surface area contributed by atoms with E-state index in [-0.39, 0.29) is 37.0 Å². The molecule has 0 aliphatic carbocycles. The molecule has 6 nitrogen and oxygen atoms in total. The van der Waals surface area contributed by atoms with Crippen LogP contribution in [0.1, 0.15) is 25.0 Å². The van der Waals surface area contributed by atoms with Crippen LogP contribution in [0.4, 0.5) is 4.39 Å². The van der Waals surface area contributed by atoms with Crippen molar-refractivity contribution >= 4 is 17.5 Å². The second kappa shape index (κ2) is 11.6. The van der Waals surface area contributed by atoms with E-state index in [1.807, 2.05) is 11.8 Å². The number of carbonyl (C=O) groups excluding carboxylic acids is 1. The van der Waals surface area contributed by atoms with Gasteiger partial charge in [-0.05, 0) is 49.7 Å². The molecule has 0 unspecified atom stereocenters. The van der Waals surface area contributed by atoms with Crippen molar-refractivity contribution in [3.8, 4) is 5.75 Å². The summed E-state index contributed by atoms with van der Waals surface area (Å²) in [4.78, 5) is 17.1. The molecule has 32 heavy (non-hydrogen) atoms. The molecular formula is C24H31ClFN3O3. The molecule has 2 aromatic carbocycles. The lowest BCUT2D eigenvalue weighted by Crippen LogP contribution is -2.58. The van der Waals surface area contributed by atoms with Gasteiger partial charge in [-0.2, -0.15) is 0 Å². The van der Waals surface area contributed by atoms with Crippen LogP contribution in [-0.4, -0.2) is 65.7 Å². The van der Waals surface area contributed by atoms with Crippen molar-refractivity contribution < 1.29 is 19.0 Å². The Labute approximate surface area is 193 Å². The zero-order valence-electron chi connectivity index (χ0n) is 18.6. The predicted molar refractivity (Wildman–Crippen MR) is 123 cm³/mol. The van der Waals surface area contributed by atoms with Crippen LogP contribution in [-0.2, 0) is 17.9 Å². The molecule has 1 aliphatic rings. The van der Waals surface area contributed by atoms with Crippen LogP contribution in [0.3, 0.4) is 0 Å². The molecule has 2 atom stereocenters. The molecule has 1 saturated heterocycles. The number of aliphatic hydroxyl groups is 1. The van der Waals surface area contributed by atoms with Gasteiger partial charge in [0.05, 0.1) is 6.61 Å². The van der Waals surface area contributed by atoms with Crippen molar-refractivity contribution in [2.24, 2.45) is 0 Å². The highest BCUT2D eigenvalue weighted by Crippen LogP contribution is 2.24. The molecule has 0 bridgehead atoms. The number of halogens is 2. The number of ether oxygens (including phenoxy) is 1. The maximum absolute atomic E-state index is 13.2. The van der Waals surface area contributed by atoms with Crippen LogP contribution in [0.15, 0.2) is 42.5 Å². The number of carbonyl (C=O) groups is 1. The van der Waals surface area contributed by atoms with Crippen molar-refractivity contribution in [1.29, 1.82) is 0 Å². The summed E-state index contributed by atoms with van der Waals surface area (Å²) in [6.07, 6.45) is 0. The monoisotopic (exact) mass is 463 g/mol. The summed E-state index contributed by atoms with van der Waals surface area (Å²) < 4.78 is 19.0. The number of nitrogens with one attached hydrogen (secondary N) is 1. The Morgan fingerprint density at radius 2 is 1.94 bits per heavy atom. The average Bonchev–Trinajstić information content (AvgIpc) is 2.77. The summed E-state index contributed by atoms with van der Waals surface area (Å²) >= 11 is 6.10. The fraction of sp³-hybridized carbons (Fsp3) is 0.458. The van der Waals surface area contributed by atoms with Crippen molar-refractivity contribution in [2.45, 2.75) is 39.0 Å². The first-order chi connectivity index (χ1) is 15.4. The summed E-state index contributed by atoms with van der Waals surface area (Å²) in [5.41, 5.74) is 1.89. The fourth-order valence-electron chi connectivity index (χ4n) is 3.94. The number of benzene rings is 2. The minimum Gasteiger partial charge on any atom is -0.483 e. The Hall–Kier alpha value is -2.19. The normalized spacial score (nSPS) is 19.2. The minimum atomic E-state index is -0.237. The SMILES string of the molecule is C[C@@H]1CN(Cc2ccc(F)cc2)[C@@H](C)CN1C(=O)COc1ccc(Cl)cc1CNCCO. The Bertz CT molecular complexity index is 897. The van der Waals surface area contributed by atoms with Gasteiger partial charge in [0.25, 0.3) is 5.91 Å². The zero-order chi connectivity index (χ0) is 23.1. The van der Waals surface area contributed by atoms with Crippen molar-refractivity contribution in [3.63, 3.8) is 0 Å². The molecule has 1 heterocycles. The second-order valence-corrected chi connectivity index (χ2v) is 8.68. The first-order valence-electron chi connectivity index (χ1n) is 10.9. The third-order valence-electron chi connectivity index (χ3n) is 5.71. The van der Waals surface area contributed by atoms with Gasteiger partial charge in [-0.25, -0.2) is 4.39 Å². The van der Waals surface area contributed by atoms with E-state index < -0.39 is 0 Å². The standard InChI is InChI=1S/C24H31ClFN3O3/c1-17-14-29(18(2)13-28(17)15-19-3-6-22(26)7-4-19)24(31)16-32-23-8-5-21(25)11-20(23)12-27-9-10-30/h3-8,11,17-18,27,30H,9-10,12-16H2,1-2H3/t17-,18+/m0/s1. The summed E-state index contributed by atoms with van der Waals surface area (Å²) in [6, 6.07) is 12.1. The van der Waals surface area contributed by atoms with E-state index in [9.17, 15) is 9.18 Å².